The number of rotatable bonds is 6. The molecule has 166 valence electrons. The van der Waals surface area contributed by atoms with Gasteiger partial charge in [-0.25, -0.2) is 8.42 Å². The lowest BCUT2D eigenvalue weighted by Gasteiger charge is -2.21. The third-order valence-electron chi connectivity index (χ3n) is 5.04. The van der Waals surface area contributed by atoms with Crippen LogP contribution < -0.4 is 10.1 Å². The van der Waals surface area contributed by atoms with Gasteiger partial charge in [-0.3, -0.25) is 0 Å². The Morgan fingerprint density at radius 3 is 2.28 bits per heavy atom. The van der Waals surface area contributed by atoms with E-state index in [0.29, 0.717) is 37.8 Å². The maximum atomic E-state index is 13.2. The highest BCUT2D eigenvalue weighted by atomic mass is 35.5. The highest BCUT2D eigenvalue weighted by Crippen LogP contribution is 2.33. The Labute approximate surface area is 206 Å². The van der Waals surface area contributed by atoms with Crippen molar-refractivity contribution >= 4 is 62.1 Å². The van der Waals surface area contributed by atoms with Crippen LogP contribution in [0.3, 0.4) is 0 Å². The van der Waals surface area contributed by atoms with Crippen molar-refractivity contribution in [1.29, 1.82) is 0 Å². The van der Waals surface area contributed by atoms with Gasteiger partial charge >= 0.3 is 0 Å². The molecule has 0 saturated heterocycles. The Bertz CT molecular complexity index is 1280. The number of nitrogens with zero attached hydrogens (tertiary/aromatic N) is 1. The van der Waals surface area contributed by atoms with E-state index in [9.17, 15) is 8.42 Å². The normalized spacial score (nSPS) is 17.0. The average Bonchev–Trinajstić information content (AvgIpc) is 3.23. The average molecular weight is 529 g/mol. The summed E-state index contributed by atoms with van der Waals surface area (Å²) in [4.78, 5) is 0.0425. The molecule has 10 heteroatoms. The lowest BCUT2D eigenvalue weighted by Crippen LogP contribution is -2.33. The fraction of sp³-hybridized carbons (Fsp3) is 0.136. The summed E-state index contributed by atoms with van der Waals surface area (Å²) in [5.74, 6) is 0. The molecule has 4 rings (SSSR count). The molecule has 2 N–H and O–H groups in total. The molecule has 0 bridgehead atoms. The molecule has 2 atom stereocenters. The van der Waals surface area contributed by atoms with Crippen LogP contribution in [0.5, 0.6) is 0 Å². The fourth-order valence-corrected chi connectivity index (χ4v) is 5.58. The lowest BCUT2D eigenvalue weighted by atomic mass is 9.96. The minimum Gasteiger partial charge on any atom is -0.302 e. The second-order valence-corrected chi connectivity index (χ2v) is 10.6. The molecule has 0 fully saturated rings. The van der Waals surface area contributed by atoms with E-state index < -0.39 is 16.1 Å². The second kappa shape index (κ2) is 9.59. The van der Waals surface area contributed by atoms with Gasteiger partial charge in [0.1, 0.15) is 0 Å². The molecule has 0 amide bonds. The van der Waals surface area contributed by atoms with Crippen molar-refractivity contribution in [3.05, 3.63) is 97.9 Å². The molecule has 3 aromatic rings. The van der Waals surface area contributed by atoms with E-state index in [1.165, 1.54) is 12.1 Å². The van der Waals surface area contributed by atoms with E-state index in [1.54, 1.807) is 42.5 Å². The van der Waals surface area contributed by atoms with Crippen LogP contribution in [-0.4, -0.2) is 14.1 Å². The molecule has 5 nitrogen and oxygen atoms in total. The zero-order valence-corrected chi connectivity index (χ0v) is 20.2. The summed E-state index contributed by atoms with van der Waals surface area (Å²) in [5.41, 5.74) is 5.18. The molecule has 1 unspecified atom stereocenters. The van der Waals surface area contributed by atoms with Gasteiger partial charge in [-0.15, -0.1) is 0 Å². The first-order chi connectivity index (χ1) is 15.2. The molecule has 32 heavy (non-hydrogen) atoms. The zero-order chi connectivity index (χ0) is 22.9. The maximum absolute atomic E-state index is 13.2. The Morgan fingerprint density at radius 1 is 0.906 bits per heavy atom. The van der Waals surface area contributed by atoms with E-state index in [-0.39, 0.29) is 10.9 Å². The first-order valence-electron chi connectivity index (χ1n) is 9.53. The molecule has 1 heterocycles. The Kier molecular flexibility index (Phi) is 7.00. The van der Waals surface area contributed by atoms with Gasteiger partial charge in [0, 0.05) is 26.5 Å². The molecular weight excluding hydrogens is 512 g/mol. The standard InChI is InChI=1S/C22H17Cl4N3O2S/c23-14-6-4-13(5-7-14)20-12-21(28-27-20)22(18-9-8-16(25)11-19(18)26)29-32(30,31)17-3-1-2-15(24)10-17/h1-11,20,22,27,29H,12H2/t20?,22-/m1/s1. The van der Waals surface area contributed by atoms with Gasteiger partial charge in [-0.1, -0.05) is 70.7 Å². The molecule has 0 saturated carbocycles. The van der Waals surface area contributed by atoms with Crippen molar-refractivity contribution in [2.75, 3.05) is 0 Å². The Morgan fingerprint density at radius 2 is 1.59 bits per heavy atom. The number of sulfonamides is 1. The summed E-state index contributed by atoms with van der Waals surface area (Å²) in [6.07, 6.45) is 0.462. The molecular formula is C22H17Cl4N3O2S. The van der Waals surface area contributed by atoms with Gasteiger partial charge in [0.2, 0.25) is 10.0 Å². The van der Waals surface area contributed by atoms with E-state index in [2.05, 4.69) is 15.2 Å². The number of nitrogens with one attached hydrogen (secondary N) is 2. The van der Waals surface area contributed by atoms with Gasteiger partial charge in [-0.05, 0) is 53.6 Å². The van der Waals surface area contributed by atoms with Crippen molar-refractivity contribution in [2.24, 2.45) is 5.10 Å². The van der Waals surface area contributed by atoms with E-state index in [1.807, 2.05) is 12.1 Å². The summed E-state index contributed by atoms with van der Waals surface area (Å²) in [7, 11) is -3.93. The van der Waals surface area contributed by atoms with E-state index >= 15 is 0 Å². The van der Waals surface area contributed by atoms with Gasteiger partial charge in [0.15, 0.2) is 0 Å². The van der Waals surface area contributed by atoms with E-state index in [4.69, 9.17) is 46.4 Å². The van der Waals surface area contributed by atoms with Crippen molar-refractivity contribution in [3.8, 4) is 0 Å². The third kappa shape index (κ3) is 5.22. The summed E-state index contributed by atoms with van der Waals surface area (Å²) in [6.45, 7) is 0. The number of hydrogen-bond donors (Lipinski definition) is 2. The minimum atomic E-state index is -3.93. The molecule has 3 aromatic carbocycles. The van der Waals surface area contributed by atoms with Crippen molar-refractivity contribution in [3.63, 3.8) is 0 Å². The van der Waals surface area contributed by atoms with Gasteiger partial charge in [0.25, 0.3) is 0 Å². The zero-order valence-electron chi connectivity index (χ0n) is 16.4. The number of halogens is 4. The fourth-order valence-electron chi connectivity index (χ4n) is 3.44. The van der Waals surface area contributed by atoms with Gasteiger partial charge in [-0.2, -0.15) is 9.82 Å². The third-order valence-corrected chi connectivity index (χ3v) is 7.51. The molecule has 0 aliphatic carbocycles. The SMILES string of the molecule is O=S(=O)(N[C@@H](C1=NNC(c2ccc(Cl)cc2)C1)c1ccc(Cl)cc1Cl)c1cccc(Cl)c1. The van der Waals surface area contributed by atoms with Crippen molar-refractivity contribution < 1.29 is 8.42 Å². The summed E-state index contributed by atoms with van der Waals surface area (Å²) in [6, 6.07) is 17.4. The molecule has 0 aromatic heterocycles. The largest absolute Gasteiger partial charge is 0.302 e. The molecule has 0 radical (unpaired) electrons. The van der Waals surface area contributed by atoms with Crippen LogP contribution in [0.2, 0.25) is 20.1 Å². The topological polar surface area (TPSA) is 70.6 Å². The van der Waals surface area contributed by atoms with Gasteiger partial charge < -0.3 is 5.43 Å². The monoisotopic (exact) mass is 527 g/mol. The quantitative estimate of drug-likeness (QED) is 0.388. The Balaban J connectivity index is 1.68. The highest BCUT2D eigenvalue weighted by molar-refractivity contribution is 7.89. The van der Waals surface area contributed by atoms with Crippen LogP contribution in [0.1, 0.15) is 29.6 Å². The summed E-state index contributed by atoms with van der Waals surface area (Å²) < 4.78 is 29.1. The summed E-state index contributed by atoms with van der Waals surface area (Å²) >= 11 is 24.5. The smallest absolute Gasteiger partial charge is 0.241 e. The number of hydrogen-bond acceptors (Lipinski definition) is 4. The maximum Gasteiger partial charge on any atom is 0.241 e. The van der Waals surface area contributed by atoms with Crippen molar-refractivity contribution in [1.82, 2.24) is 10.1 Å². The minimum absolute atomic E-state index is 0.0425. The van der Waals surface area contributed by atoms with Crippen LogP contribution in [0.25, 0.3) is 0 Å². The Hall–Kier alpha value is -1.80. The number of hydrazone groups is 1. The van der Waals surface area contributed by atoms with Crippen LogP contribution in [0.4, 0.5) is 0 Å². The van der Waals surface area contributed by atoms with E-state index in [0.717, 1.165) is 5.56 Å². The number of benzene rings is 3. The first kappa shape index (κ1) is 23.4. The van der Waals surface area contributed by atoms with Crippen LogP contribution in [-0.2, 0) is 10.0 Å². The van der Waals surface area contributed by atoms with Crippen LogP contribution in [0, 0.1) is 0 Å². The molecule has 1 aliphatic heterocycles. The second-order valence-electron chi connectivity index (χ2n) is 7.22. The van der Waals surface area contributed by atoms with Crippen LogP contribution in [0.15, 0.2) is 76.7 Å². The lowest BCUT2D eigenvalue weighted by molar-refractivity contribution is 0.576. The molecule has 0 spiro atoms. The van der Waals surface area contributed by atoms with Crippen LogP contribution >= 0.6 is 46.4 Å². The molecule has 1 aliphatic rings. The summed E-state index contributed by atoms with van der Waals surface area (Å²) in [5, 5.41) is 6.16. The predicted molar refractivity (Wildman–Crippen MR) is 130 cm³/mol. The predicted octanol–water partition coefficient (Wildman–Crippen LogP) is 6.41. The van der Waals surface area contributed by atoms with Gasteiger partial charge in [0.05, 0.1) is 22.7 Å². The van der Waals surface area contributed by atoms with Crippen molar-refractivity contribution in [2.45, 2.75) is 23.4 Å². The highest BCUT2D eigenvalue weighted by Gasteiger charge is 2.32. The first-order valence-corrected chi connectivity index (χ1v) is 12.5.